The Labute approximate surface area is 247 Å². The van der Waals surface area contributed by atoms with E-state index in [1.165, 1.54) is 44.2 Å². The molecular weight excluding hydrogens is 521 g/mol. The Morgan fingerprint density at radius 2 is 1.86 bits per heavy atom. The van der Waals surface area contributed by atoms with Crippen LogP contribution in [0.2, 0.25) is 0 Å². The Balaban J connectivity index is 1.40. The molecule has 6 heteroatoms. The monoisotopic (exact) mass is 559 g/mol. The number of nitrogens with one attached hydrogen (secondary N) is 2. The van der Waals surface area contributed by atoms with Gasteiger partial charge < -0.3 is 16.0 Å². The lowest BCUT2D eigenvalue weighted by atomic mass is 9.86. The molecule has 0 spiro atoms. The van der Waals surface area contributed by atoms with E-state index in [0.29, 0.717) is 28.5 Å². The lowest BCUT2D eigenvalue weighted by Crippen LogP contribution is -2.16. The smallest absolute Gasteiger partial charge is 0.138 e. The molecule has 0 saturated heterocycles. The van der Waals surface area contributed by atoms with Crippen LogP contribution in [0.5, 0.6) is 0 Å². The summed E-state index contributed by atoms with van der Waals surface area (Å²) in [6.45, 7) is 14.6. The van der Waals surface area contributed by atoms with Crippen LogP contribution < -0.4 is 11.1 Å². The van der Waals surface area contributed by atoms with Gasteiger partial charge in [-0.15, -0.1) is 0 Å². The Kier molecular flexibility index (Phi) is 8.82. The van der Waals surface area contributed by atoms with Gasteiger partial charge in [0.15, 0.2) is 0 Å². The van der Waals surface area contributed by atoms with Crippen LogP contribution in [-0.4, -0.2) is 15.0 Å². The van der Waals surface area contributed by atoms with E-state index in [9.17, 15) is 4.39 Å². The van der Waals surface area contributed by atoms with Crippen LogP contribution in [-0.2, 0) is 0 Å². The number of allylic oxidation sites excluding steroid dienone is 5. The van der Waals surface area contributed by atoms with E-state index in [0.717, 1.165) is 51.3 Å². The number of aromatic amines is 1. The largest absolute Gasteiger partial charge is 0.397 e. The third kappa shape index (κ3) is 6.44. The maximum absolute atomic E-state index is 13.5. The third-order valence-corrected chi connectivity index (χ3v) is 7.94. The van der Waals surface area contributed by atoms with Crippen molar-refractivity contribution in [2.75, 3.05) is 5.73 Å². The van der Waals surface area contributed by atoms with Gasteiger partial charge in [0.2, 0.25) is 0 Å². The van der Waals surface area contributed by atoms with Gasteiger partial charge in [-0.05, 0) is 84.5 Å². The van der Waals surface area contributed by atoms with Gasteiger partial charge in [0, 0.05) is 34.2 Å². The van der Waals surface area contributed by atoms with Crippen LogP contribution in [0.4, 0.5) is 10.1 Å². The predicted octanol–water partition coefficient (Wildman–Crippen LogP) is 8.95. The minimum absolute atomic E-state index is 0.274. The molecule has 1 saturated carbocycles. The van der Waals surface area contributed by atoms with Crippen molar-refractivity contribution < 1.29 is 4.39 Å². The second-order valence-electron chi connectivity index (χ2n) is 10.9. The molecule has 0 amide bonds. The Morgan fingerprint density at radius 1 is 1.10 bits per heavy atom. The quantitative estimate of drug-likeness (QED) is 0.169. The van der Waals surface area contributed by atoms with Crippen molar-refractivity contribution in [2.24, 2.45) is 5.92 Å². The van der Waals surface area contributed by atoms with Crippen molar-refractivity contribution in [1.82, 2.24) is 20.3 Å². The third-order valence-electron chi connectivity index (χ3n) is 7.94. The molecule has 5 nitrogen and oxygen atoms in total. The molecular formula is C36H38FN5. The number of nitrogens with two attached hydrogens (primary N) is 1. The van der Waals surface area contributed by atoms with E-state index in [1.807, 2.05) is 49.4 Å². The molecule has 1 fully saturated rings. The highest BCUT2D eigenvalue weighted by Crippen LogP contribution is 2.33. The summed E-state index contributed by atoms with van der Waals surface area (Å²) in [5.74, 6) is 0.425. The second kappa shape index (κ2) is 12.9. The normalized spacial score (nSPS) is 14.6. The van der Waals surface area contributed by atoms with Crippen LogP contribution in [0.1, 0.15) is 62.5 Å². The van der Waals surface area contributed by atoms with Crippen molar-refractivity contribution in [2.45, 2.75) is 45.4 Å². The van der Waals surface area contributed by atoms with Gasteiger partial charge in [-0.1, -0.05) is 70.0 Å². The predicted molar refractivity (Wildman–Crippen MR) is 174 cm³/mol. The zero-order chi connectivity index (χ0) is 29.6. The summed E-state index contributed by atoms with van der Waals surface area (Å²) in [7, 11) is 0. The zero-order valence-electron chi connectivity index (χ0n) is 24.2. The van der Waals surface area contributed by atoms with Crippen LogP contribution in [0, 0.1) is 11.7 Å². The first-order valence-electron chi connectivity index (χ1n) is 14.5. The number of hydrogen-bond acceptors (Lipinski definition) is 4. The van der Waals surface area contributed by atoms with Crippen LogP contribution in [0.3, 0.4) is 0 Å². The van der Waals surface area contributed by atoms with Gasteiger partial charge in [-0.2, -0.15) is 0 Å². The van der Waals surface area contributed by atoms with E-state index >= 15 is 0 Å². The number of benzene rings is 1. The molecule has 0 aliphatic heterocycles. The minimum atomic E-state index is -0.274. The summed E-state index contributed by atoms with van der Waals surface area (Å²) in [5, 5.41) is 4.37. The lowest BCUT2D eigenvalue weighted by Gasteiger charge is -2.23. The van der Waals surface area contributed by atoms with Crippen molar-refractivity contribution >= 4 is 27.9 Å². The number of anilines is 1. The Morgan fingerprint density at radius 3 is 2.57 bits per heavy atom. The molecule has 0 radical (unpaired) electrons. The second-order valence-corrected chi connectivity index (χ2v) is 10.9. The van der Waals surface area contributed by atoms with E-state index in [4.69, 9.17) is 10.7 Å². The van der Waals surface area contributed by atoms with Gasteiger partial charge in [-0.25, -0.2) is 14.4 Å². The van der Waals surface area contributed by atoms with E-state index < -0.39 is 0 Å². The van der Waals surface area contributed by atoms with Crippen molar-refractivity contribution in [3.63, 3.8) is 0 Å². The summed E-state index contributed by atoms with van der Waals surface area (Å²) >= 11 is 0. The van der Waals surface area contributed by atoms with Crippen LogP contribution in [0.15, 0.2) is 104 Å². The molecule has 3 aromatic heterocycles. The van der Waals surface area contributed by atoms with E-state index in [2.05, 4.69) is 35.0 Å². The molecule has 0 atom stereocenters. The molecule has 5 rings (SSSR count). The van der Waals surface area contributed by atoms with Crippen LogP contribution >= 0.6 is 0 Å². The van der Waals surface area contributed by atoms with Gasteiger partial charge in [0.25, 0.3) is 0 Å². The molecule has 4 aromatic rings. The number of nitrogens with zero attached hydrogens (tertiary/aromatic N) is 2. The van der Waals surface area contributed by atoms with Crippen molar-refractivity contribution in [1.29, 1.82) is 0 Å². The van der Waals surface area contributed by atoms with E-state index in [1.54, 1.807) is 18.3 Å². The molecule has 3 heterocycles. The summed E-state index contributed by atoms with van der Waals surface area (Å²) < 4.78 is 13.5. The van der Waals surface area contributed by atoms with Gasteiger partial charge in [0.05, 0.1) is 17.1 Å². The van der Waals surface area contributed by atoms with Crippen molar-refractivity contribution in [3.05, 3.63) is 127 Å². The highest BCUT2D eigenvalue weighted by atomic mass is 19.1. The Hall–Kier alpha value is -4.71. The molecule has 1 aliphatic rings. The maximum atomic E-state index is 13.5. The fourth-order valence-corrected chi connectivity index (χ4v) is 5.68. The SMILES string of the molecule is C=C/C(=C\C(=C/C)c1ccc(N)c(C(=C)c2cc3c(-c4ccc(F)cc4)ccnc3[nH]2)n1)NC(=C)CC1CCCCC1. The van der Waals surface area contributed by atoms with Gasteiger partial charge >= 0.3 is 0 Å². The molecule has 1 aliphatic carbocycles. The number of fused-ring (bicyclic) bond motifs is 1. The lowest BCUT2D eigenvalue weighted by molar-refractivity contribution is 0.353. The van der Waals surface area contributed by atoms with Gasteiger partial charge in [-0.3, -0.25) is 0 Å². The summed E-state index contributed by atoms with van der Waals surface area (Å²) in [6, 6.07) is 14.1. The fourth-order valence-electron chi connectivity index (χ4n) is 5.68. The van der Waals surface area contributed by atoms with Crippen molar-refractivity contribution in [3.8, 4) is 11.1 Å². The average molecular weight is 560 g/mol. The number of pyridine rings is 2. The number of halogens is 1. The maximum Gasteiger partial charge on any atom is 0.138 e. The molecule has 0 bridgehead atoms. The molecule has 214 valence electrons. The summed E-state index contributed by atoms with van der Waals surface area (Å²) in [6.07, 6.45) is 15.1. The first-order valence-corrected chi connectivity index (χ1v) is 14.5. The fraction of sp³-hybridized carbons (Fsp3) is 0.222. The first-order chi connectivity index (χ1) is 20.4. The Bertz CT molecular complexity index is 1680. The number of nitrogen functional groups attached to an aromatic ring is 1. The number of hydrogen-bond donors (Lipinski definition) is 3. The molecule has 1 aromatic carbocycles. The average Bonchev–Trinajstić information content (AvgIpc) is 3.45. The zero-order valence-corrected chi connectivity index (χ0v) is 24.2. The minimum Gasteiger partial charge on any atom is -0.397 e. The summed E-state index contributed by atoms with van der Waals surface area (Å²) in [5.41, 5.74) is 15.1. The topological polar surface area (TPSA) is 79.6 Å². The summed E-state index contributed by atoms with van der Waals surface area (Å²) in [4.78, 5) is 12.8. The number of aromatic nitrogens is 3. The van der Waals surface area contributed by atoms with Crippen LogP contribution in [0.25, 0.3) is 33.3 Å². The molecule has 0 unspecified atom stereocenters. The highest BCUT2D eigenvalue weighted by molar-refractivity contribution is 5.97. The number of H-pyrrole nitrogens is 1. The van der Waals surface area contributed by atoms with Gasteiger partial charge in [0.1, 0.15) is 11.5 Å². The molecule has 4 N–H and O–H groups in total. The van der Waals surface area contributed by atoms with E-state index in [-0.39, 0.29) is 5.82 Å². The standard InChI is InChI=1S/C36H38FN5/c1-5-26(21-29(6-2)40-23(3)20-25-10-8-7-9-11-25)33-17-16-32(38)35(41-33)24(4)34-22-31-30(18-19-39-36(31)42-34)27-12-14-28(37)15-13-27/h5-6,12-19,21-22,25,40H,2-4,7-11,20,38H2,1H3,(H,39,42)/b26-5+,29-21+. The number of rotatable bonds is 10. The highest BCUT2D eigenvalue weighted by Gasteiger charge is 2.17. The first kappa shape index (κ1) is 28.8. The molecule has 42 heavy (non-hydrogen) atoms.